The third-order valence-corrected chi connectivity index (χ3v) is 6.13. The average Bonchev–Trinajstić information content (AvgIpc) is 3.47. The van der Waals surface area contributed by atoms with Gasteiger partial charge in [0.25, 0.3) is 5.91 Å². The Labute approximate surface area is 216 Å². The van der Waals surface area contributed by atoms with Gasteiger partial charge in [0.1, 0.15) is 5.82 Å². The van der Waals surface area contributed by atoms with Gasteiger partial charge in [-0.1, -0.05) is 6.07 Å². The Morgan fingerprint density at radius 2 is 1.81 bits per heavy atom. The number of ether oxygens (including phenoxy) is 1. The molecule has 2 aromatic heterocycles. The van der Waals surface area contributed by atoms with Crippen molar-refractivity contribution in [3.05, 3.63) is 72.3 Å². The highest BCUT2D eigenvalue weighted by Crippen LogP contribution is 2.30. The number of carbonyl (C=O) groups excluding carboxylic acids is 2. The first-order valence-corrected chi connectivity index (χ1v) is 12.6. The second-order valence-electron chi connectivity index (χ2n) is 10.00. The van der Waals surface area contributed by atoms with Crippen molar-refractivity contribution >= 4 is 28.5 Å². The normalized spacial score (nSPS) is 11.6. The van der Waals surface area contributed by atoms with Gasteiger partial charge >= 0.3 is 5.97 Å². The van der Waals surface area contributed by atoms with Crippen LogP contribution in [0.3, 0.4) is 0 Å². The van der Waals surface area contributed by atoms with E-state index in [-0.39, 0.29) is 23.2 Å². The molecule has 0 spiro atoms. The molecule has 2 heterocycles. The number of aryl methyl sites for hydroxylation is 1. The zero-order chi connectivity index (χ0) is 26.6. The van der Waals surface area contributed by atoms with Gasteiger partial charge in [-0.2, -0.15) is 5.10 Å². The van der Waals surface area contributed by atoms with Crippen LogP contribution in [0.15, 0.2) is 60.9 Å². The fourth-order valence-electron chi connectivity index (χ4n) is 4.35. The van der Waals surface area contributed by atoms with Crippen LogP contribution >= 0.6 is 0 Å². The van der Waals surface area contributed by atoms with Crippen LogP contribution in [-0.2, 0) is 21.6 Å². The number of unbranched alkanes of at least 4 members (excludes halogenated alkanes) is 1. The number of aromatic nitrogens is 3. The third kappa shape index (κ3) is 6.07. The van der Waals surface area contributed by atoms with Crippen LogP contribution in [-0.4, -0.2) is 32.8 Å². The highest BCUT2D eigenvalue weighted by atomic mass is 19.1. The molecule has 0 saturated carbocycles. The van der Waals surface area contributed by atoms with Crippen LogP contribution in [0, 0.1) is 5.82 Å². The van der Waals surface area contributed by atoms with Crippen LogP contribution in [0.25, 0.3) is 22.2 Å². The topological polar surface area (TPSA) is 78.2 Å². The van der Waals surface area contributed by atoms with E-state index in [1.807, 2.05) is 51.2 Å². The second kappa shape index (κ2) is 11.0. The molecule has 0 aliphatic rings. The van der Waals surface area contributed by atoms with E-state index in [2.05, 4.69) is 15.0 Å². The Hall–Kier alpha value is -3.94. The number of benzene rings is 2. The van der Waals surface area contributed by atoms with Crippen LogP contribution in [0.5, 0.6) is 0 Å². The number of amides is 1. The van der Waals surface area contributed by atoms with Crippen LogP contribution in [0.2, 0.25) is 0 Å². The van der Waals surface area contributed by atoms with E-state index in [1.165, 1.54) is 12.1 Å². The molecule has 4 rings (SSSR count). The monoisotopic (exact) mass is 504 g/mol. The zero-order valence-electron chi connectivity index (χ0n) is 21.8. The van der Waals surface area contributed by atoms with Gasteiger partial charge in [-0.15, -0.1) is 0 Å². The molecule has 8 heteroatoms. The zero-order valence-corrected chi connectivity index (χ0v) is 21.8. The second-order valence-corrected chi connectivity index (χ2v) is 10.00. The third-order valence-electron chi connectivity index (χ3n) is 6.13. The van der Waals surface area contributed by atoms with E-state index in [0.717, 1.165) is 30.3 Å². The van der Waals surface area contributed by atoms with E-state index in [9.17, 15) is 14.0 Å². The maximum absolute atomic E-state index is 13.6. The van der Waals surface area contributed by atoms with Gasteiger partial charge in [0.15, 0.2) is 0 Å². The van der Waals surface area contributed by atoms with E-state index in [1.54, 1.807) is 29.9 Å². The Morgan fingerprint density at radius 3 is 2.51 bits per heavy atom. The highest BCUT2D eigenvalue weighted by molar-refractivity contribution is 6.08. The number of halogens is 1. The number of carbonyl (C=O) groups is 2. The maximum atomic E-state index is 13.6. The number of esters is 1. The van der Waals surface area contributed by atoms with Crippen molar-refractivity contribution in [2.75, 3.05) is 11.9 Å². The summed E-state index contributed by atoms with van der Waals surface area (Å²) < 4.78 is 22.5. The first-order chi connectivity index (χ1) is 17.7. The van der Waals surface area contributed by atoms with E-state index in [4.69, 9.17) is 4.74 Å². The standard InChI is InChI=1S/C29H33FN4O3/c1-5-37-26(35)8-6-7-16-33-17-15-20-11-14-23(18-25(20)33)32-28(36)24-19-31-34(29(2,3)4)27(24)21-9-12-22(30)13-10-21/h9-15,17-19H,5-8,16H2,1-4H3,(H,32,36). The van der Waals surface area contributed by atoms with Crippen LogP contribution < -0.4 is 5.32 Å². The number of hydrogen-bond donors (Lipinski definition) is 1. The van der Waals surface area contributed by atoms with Crippen LogP contribution in [0.1, 0.15) is 57.3 Å². The molecule has 0 unspecified atom stereocenters. The molecule has 194 valence electrons. The number of fused-ring (bicyclic) bond motifs is 1. The van der Waals surface area contributed by atoms with Gasteiger partial charge in [-0.3, -0.25) is 14.3 Å². The molecule has 0 fully saturated rings. The lowest BCUT2D eigenvalue weighted by Gasteiger charge is -2.23. The largest absolute Gasteiger partial charge is 0.466 e. The molecular formula is C29H33FN4O3. The molecule has 2 aromatic carbocycles. The van der Waals surface area contributed by atoms with Crippen molar-refractivity contribution in [2.24, 2.45) is 0 Å². The smallest absolute Gasteiger partial charge is 0.305 e. The molecule has 37 heavy (non-hydrogen) atoms. The summed E-state index contributed by atoms with van der Waals surface area (Å²) in [4.78, 5) is 25.0. The molecule has 0 aliphatic heterocycles. The molecule has 0 atom stereocenters. The molecule has 1 N–H and O–H groups in total. The summed E-state index contributed by atoms with van der Waals surface area (Å²) in [6.07, 6.45) is 5.57. The lowest BCUT2D eigenvalue weighted by molar-refractivity contribution is -0.143. The van der Waals surface area contributed by atoms with Crippen molar-refractivity contribution in [1.29, 1.82) is 0 Å². The van der Waals surface area contributed by atoms with Crippen molar-refractivity contribution < 1.29 is 18.7 Å². The van der Waals surface area contributed by atoms with Crippen molar-refractivity contribution in [3.63, 3.8) is 0 Å². The van der Waals surface area contributed by atoms with Crippen molar-refractivity contribution in [1.82, 2.24) is 14.3 Å². The lowest BCUT2D eigenvalue weighted by Crippen LogP contribution is -2.24. The van der Waals surface area contributed by atoms with Gasteiger partial charge < -0.3 is 14.6 Å². The molecule has 7 nitrogen and oxygen atoms in total. The summed E-state index contributed by atoms with van der Waals surface area (Å²) in [5.74, 6) is -0.796. The van der Waals surface area contributed by atoms with Crippen LogP contribution in [0.4, 0.5) is 10.1 Å². The summed E-state index contributed by atoms with van der Waals surface area (Å²) in [5.41, 5.74) is 3.05. The Kier molecular flexibility index (Phi) is 7.76. The minimum Gasteiger partial charge on any atom is -0.466 e. The van der Waals surface area contributed by atoms with Gasteiger partial charge in [-0.05, 0) is 88.4 Å². The van der Waals surface area contributed by atoms with Gasteiger partial charge in [0, 0.05) is 30.4 Å². The van der Waals surface area contributed by atoms with Crippen molar-refractivity contribution in [3.8, 4) is 11.3 Å². The fourth-order valence-corrected chi connectivity index (χ4v) is 4.35. The quantitative estimate of drug-likeness (QED) is 0.212. The van der Waals surface area contributed by atoms with Gasteiger partial charge in [-0.25, -0.2) is 4.39 Å². The molecule has 0 saturated heterocycles. The molecule has 0 radical (unpaired) electrons. The van der Waals surface area contributed by atoms with Crippen molar-refractivity contribution in [2.45, 2.75) is 59.0 Å². The first-order valence-electron chi connectivity index (χ1n) is 12.6. The summed E-state index contributed by atoms with van der Waals surface area (Å²) in [5, 5.41) is 8.57. The number of hydrogen-bond acceptors (Lipinski definition) is 4. The lowest BCUT2D eigenvalue weighted by atomic mass is 10.0. The molecule has 4 aromatic rings. The summed E-state index contributed by atoms with van der Waals surface area (Å²) in [6.45, 7) is 8.97. The number of nitrogens with zero attached hydrogens (tertiary/aromatic N) is 3. The molecular weight excluding hydrogens is 471 g/mol. The average molecular weight is 505 g/mol. The molecule has 0 aliphatic carbocycles. The minimum atomic E-state index is -0.380. The number of nitrogens with one attached hydrogen (secondary N) is 1. The first kappa shape index (κ1) is 26.1. The van der Waals surface area contributed by atoms with E-state index >= 15 is 0 Å². The Morgan fingerprint density at radius 1 is 1.05 bits per heavy atom. The Bertz CT molecular complexity index is 1400. The summed E-state index contributed by atoms with van der Waals surface area (Å²) >= 11 is 0. The Balaban J connectivity index is 1.54. The number of anilines is 1. The SMILES string of the molecule is CCOC(=O)CCCCn1ccc2ccc(NC(=O)c3cnn(C(C)(C)C)c3-c3ccc(F)cc3)cc21. The van der Waals surface area contributed by atoms with E-state index in [0.29, 0.717) is 35.5 Å². The van der Waals surface area contributed by atoms with Gasteiger partial charge in [0.05, 0.1) is 35.1 Å². The highest BCUT2D eigenvalue weighted by Gasteiger charge is 2.25. The molecule has 1 amide bonds. The molecule has 0 bridgehead atoms. The van der Waals surface area contributed by atoms with Gasteiger partial charge in [0.2, 0.25) is 0 Å². The predicted molar refractivity (Wildman–Crippen MR) is 143 cm³/mol. The van der Waals surface area contributed by atoms with E-state index < -0.39 is 0 Å². The summed E-state index contributed by atoms with van der Waals surface area (Å²) in [6, 6.07) is 13.9. The fraction of sp³-hybridized carbons (Fsp3) is 0.345. The minimum absolute atomic E-state index is 0.167. The number of rotatable bonds is 9. The maximum Gasteiger partial charge on any atom is 0.305 e. The summed E-state index contributed by atoms with van der Waals surface area (Å²) in [7, 11) is 0. The predicted octanol–water partition coefficient (Wildman–Crippen LogP) is 6.38.